The number of halogens is 1. The fourth-order valence-electron chi connectivity index (χ4n) is 5.26. The van der Waals surface area contributed by atoms with E-state index in [1.54, 1.807) is 12.1 Å². The number of hydrogen-bond donors (Lipinski definition) is 0. The molecule has 1 saturated heterocycles. The number of ether oxygens (including phenoxy) is 2. The molecule has 2 unspecified atom stereocenters. The third-order valence-corrected chi connectivity index (χ3v) is 7.56. The van der Waals surface area contributed by atoms with Crippen LogP contribution in [0.5, 0.6) is 5.75 Å². The molecule has 0 radical (unpaired) electrons. The van der Waals surface area contributed by atoms with Gasteiger partial charge in [-0.15, -0.1) is 0 Å². The first kappa shape index (κ1) is 26.6. The van der Waals surface area contributed by atoms with Crippen LogP contribution in [0.3, 0.4) is 0 Å². The molecular formula is C29H40FN3O3. The van der Waals surface area contributed by atoms with Gasteiger partial charge in [0.05, 0.1) is 13.2 Å². The maximum Gasteiger partial charge on any atom is 0.258 e. The monoisotopic (exact) mass is 497 g/mol. The highest BCUT2D eigenvalue weighted by atomic mass is 19.1. The van der Waals surface area contributed by atoms with E-state index in [1.807, 2.05) is 29.2 Å². The SMILES string of the molecule is CCN(C)C1CCCC(CN(C(=O)c2ccc(F)cc2)c2cccc(OCCN3CCOCC3)c2)C1. The molecule has 0 bridgehead atoms. The number of nitrogens with zero attached hydrogens (tertiary/aromatic N) is 3. The molecule has 0 aromatic heterocycles. The van der Waals surface area contributed by atoms with Gasteiger partial charge in [-0.05, 0) is 75.2 Å². The predicted molar refractivity (Wildman–Crippen MR) is 141 cm³/mol. The van der Waals surface area contributed by atoms with Crippen LogP contribution < -0.4 is 9.64 Å². The molecule has 36 heavy (non-hydrogen) atoms. The van der Waals surface area contributed by atoms with E-state index in [4.69, 9.17) is 9.47 Å². The molecule has 2 atom stereocenters. The summed E-state index contributed by atoms with van der Waals surface area (Å²) in [5.41, 5.74) is 1.31. The fourth-order valence-corrected chi connectivity index (χ4v) is 5.26. The van der Waals surface area contributed by atoms with E-state index in [1.165, 1.54) is 25.0 Å². The Balaban J connectivity index is 1.49. The number of anilines is 1. The summed E-state index contributed by atoms with van der Waals surface area (Å²) in [5, 5.41) is 0. The van der Waals surface area contributed by atoms with Crippen LogP contribution in [-0.4, -0.2) is 81.3 Å². The molecule has 1 saturated carbocycles. The third-order valence-electron chi connectivity index (χ3n) is 7.56. The molecular weight excluding hydrogens is 457 g/mol. The Morgan fingerprint density at radius 3 is 2.67 bits per heavy atom. The highest BCUT2D eigenvalue weighted by Crippen LogP contribution is 2.31. The van der Waals surface area contributed by atoms with E-state index in [2.05, 4.69) is 23.8 Å². The van der Waals surface area contributed by atoms with Crippen molar-refractivity contribution in [2.45, 2.75) is 38.6 Å². The van der Waals surface area contributed by atoms with Gasteiger partial charge in [0.25, 0.3) is 5.91 Å². The van der Waals surface area contributed by atoms with Crippen molar-refractivity contribution in [1.82, 2.24) is 9.80 Å². The molecule has 1 heterocycles. The topological polar surface area (TPSA) is 45.2 Å². The first-order valence-corrected chi connectivity index (χ1v) is 13.3. The number of benzene rings is 2. The van der Waals surface area contributed by atoms with E-state index in [-0.39, 0.29) is 11.7 Å². The normalized spacial score (nSPS) is 20.9. The highest BCUT2D eigenvalue weighted by molar-refractivity contribution is 6.06. The molecule has 0 spiro atoms. The summed E-state index contributed by atoms with van der Waals surface area (Å²) in [4.78, 5) is 20.3. The van der Waals surface area contributed by atoms with Gasteiger partial charge in [-0.1, -0.05) is 19.4 Å². The van der Waals surface area contributed by atoms with Crippen LogP contribution in [0.15, 0.2) is 48.5 Å². The third kappa shape index (κ3) is 7.28. The van der Waals surface area contributed by atoms with Gasteiger partial charge in [0, 0.05) is 49.5 Å². The van der Waals surface area contributed by atoms with Gasteiger partial charge in [0.1, 0.15) is 18.2 Å². The standard InChI is InChI=1S/C29H40FN3O3/c1-3-31(2)26-7-4-6-23(20-26)22-33(29(34)24-10-12-25(30)13-11-24)27-8-5-9-28(21-27)36-19-16-32-14-17-35-18-15-32/h5,8-13,21,23,26H,3-4,6-7,14-20,22H2,1-2H3. The maximum atomic E-state index is 13.7. The van der Waals surface area contributed by atoms with Crippen molar-refractivity contribution in [2.75, 3.05) is 64.5 Å². The molecule has 4 rings (SSSR count). The number of amides is 1. The summed E-state index contributed by atoms with van der Waals surface area (Å²) >= 11 is 0. The van der Waals surface area contributed by atoms with Crippen molar-refractivity contribution in [3.8, 4) is 5.75 Å². The van der Waals surface area contributed by atoms with Crippen LogP contribution in [0, 0.1) is 11.7 Å². The van der Waals surface area contributed by atoms with Gasteiger partial charge >= 0.3 is 0 Å². The summed E-state index contributed by atoms with van der Waals surface area (Å²) in [7, 11) is 2.19. The zero-order valence-electron chi connectivity index (χ0n) is 21.7. The molecule has 7 heteroatoms. The average molecular weight is 498 g/mol. The van der Waals surface area contributed by atoms with Gasteiger partial charge in [-0.2, -0.15) is 0 Å². The first-order valence-electron chi connectivity index (χ1n) is 13.3. The van der Waals surface area contributed by atoms with Crippen LogP contribution in [0.1, 0.15) is 43.0 Å². The van der Waals surface area contributed by atoms with E-state index in [9.17, 15) is 9.18 Å². The predicted octanol–water partition coefficient (Wildman–Crippen LogP) is 4.69. The quantitative estimate of drug-likeness (QED) is 0.476. The van der Waals surface area contributed by atoms with Gasteiger partial charge in [-0.3, -0.25) is 9.69 Å². The van der Waals surface area contributed by atoms with Gasteiger partial charge in [0.2, 0.25) is 0 Å². The Kier molecular flexibility index (Phi) is 9.73. The minimum absolute atomic E-state index is 0.105. The summed E-state index contributed by atoms with van der Waals surface area (Å²) in [6.07, 6.45) is 4.56. The van der Waals surface area contributed by atoms with Gasteiger partial charge < -0.3 is 19.3 Å². The van der Waals surface area contributed by atoms with Crippen molar-refractivity contribution in [3.63, 3.8) is 0 Å². The van der Waals surface area contributed by atoms with E-state index in [0.29, 0.717) is 30.7 Å². The number of morpholine rings is 1. The van der Waals surface area contributed by atoms with Crippen LogP contribution in [0.4, 0.5) is 10.1 Å². The smallest absolute Gasteiger partial charge is 0.258 e. The van der Waals surface area contributed by atoms with Crippen LogP contribution in [0.2, 0.25) is 0 Å². The van der Waals surface area contributed by atoms with Crippen molar-refractivity contribution in [2.24, 2.45) is 5.92 Å². The second kappa shape index (κ2) is 13.2. The minimum Gasteiger partial charge on any atom is -0.492 e. The lowest BCUT2D eigenvalue weighted by molar-refractivity contribution is 0.0322. The summed E-state index contributed by atoms with van der Waals surface area (Å²) < 4.78 is 25.0. The fraction of sp³-hybridized carbons (Fsp3) is 0.552. The van der Waals surface area contributed by atoms with Gasteiger partial charge in [0.15, 0.2) is 0 Å². The summed E-state index contributed by atoms with van der Waals surface area (Å²) in [6, 6.07) is 14.2. The zero-order chi connectivity index (χ0) is 25.3. The Morgan fingerprint density at radius 2 is 1.92 bits per heavy atom. The van der Waals surface area contributed by atoms with Crippen molar-refractivity contribution in [3.05, 3.63) is 59.9 Å². The maximum absolute atomic E-state index is 13.7. The molecule has 6 nitrogen and oxygen atoms in total. The van der Waals surface area contributed by atoms with Crippen LogP contribution in [-0.2, 0) is 4.74 Å². The molecule has 1 aliphatic heterocycles. The Morgan fingerprint density at radius 1 is 1.14 bits per heavy atom. The highest BCUT2D eigenvalue weighted by Gasteiger charge is 2.28. The van der Waals surface area contributed by atoms with Crippen LogP contribution >= 0.6 is 0 Å². The second-order valence-corrected chi connectivity index (χ2v) is 9.98. The largest absolute Gasteiger partial charge is 0.492 e. The number of carbonyl (C=O) groups is 1. The lowest BCUT2D eigenvalue weighted by Crippen LogP contribution is -2.41. The molecule has 2 aromatic rings. The molecule has 1 aliphatic carbocycles. The summed E-state index contributed by atoms with van der Waals surface area (Å²) in [5.74, 6) is 0.718. The molecule has 196 valence electrons. The number of hydrogen-bond acceptors (Lipinski definition) is 5. The Bertz CT molecular complexity index is 964. The van der Waals surface area contributed by atoms with Gasteiger partial charge in [-0.25, -0.2) is 4.39 Å². The van der Waals surface area contributed by atoms with Crippen molar-refractivity contribution < 1.29 is 18.7 Å². The first-order chi connectivity index (χ1) is 17.5. The molecule has 2 aromatic carbocycles. The van der Waals surface area contributed by atoms with E-state index in [0.717, 1.165) is 63.7 Å². The molecule has 2 aliphatic rings. The van der Waals surface area contributed by atoms with Crippen LogP contribution in [0.25, 0.3) is 0 Å². The second-order valence-electron chi connectivity index (χ2n) is 9.98. The lowest BCUT2D eigenvalue weighted by atomic mass is 9.84. The number of rotatable bonds is 10. The molecule has 1 amide bonds. The van der Waals surface area contributed by atoms with E-state index < -0.39 is 0 Å². The number of carbonyl (C=O) groups excluding carboxylic acids is 1. The van der Waals surface area contributed by atoms with Crippen molar-refractivity contribution >= 4 is 11.6 Å². The Hall–Kier alpha value is -2.48. The zero-order valence-corrected chi connectivity index (χ0v) is 21.7. The average Bonchev–Trinajstić information content (AvgIpc) is 2.92. The molecule has 2 fully saturated rings. The lowest BCUT2D eigenvalue weighted by Gasteiger charge is -2.37. The molecule has 0 N–H and O–H groups in total. The summed E-state index contributed by atoms with van der Waals surface area (Å²) in [6.45, 7) is 8.69. The minimum atomic E-state index is -0.341. The van der Waals surface area contributed by atoms with E-state index >= 15 is 0 Å². The van der Waals surface area contributed by atoms with Crippen molar-refractivity contribution in [1.29, 1.82) is 0 Å². The Labute approximate surface area is 215 Å².